The number of aliphatic hydroxyl groups is 1. The number of nitrogens with zero attached hydrogens (tertiary/aromatic N) is 3. The fourth-order valence-corrected chi connectivity index (χ4v) is 4.43. The number of aromatic nitrogens is 1. The van der Waals surface area contributed by atoms with Crippen LogP contribution in [0.15, 0.2) is 22.8 Å². The summed E-state index contributed by atoms with van der Waals surface area (Å²) >= 11 is 3.37. The Bertz CT molecular complexity index is 768. The van der Waals surface area contributed by atoms with Gasteiger partial charge in [0.25, 0.3) is 0 Å². The average Bonchev–Trinajstić information content (AvgIpc) is 2.73. The maximum absolute atomic E-state index is 11.3. The number of hydrogen-bond acceptors (Lipinski definition) is 7. The van der Waals surface area contributed by atoms with Crippen molar-refractivity contribution < 1.29 is 29.2 Å². The monoisotopic (exact) mass is 543 g/mol. The quantitative estimate of drug-likeness (QED) is 0.562. The minimum Gasteiger partial charge on any atom is -0.474 e. The molecule has 1 spiro atoms. The first-order valence-corrected chi connectivity index (χ1v) is 12.8. The molecule has 0 unspecified atom stereocenters. The Hall–Kier alpha value is -1.46. The van der Waals surface area contributed by atoms with Crippen LogP contribution in [0.5, 0.6) is 5.88 Å². The third kappa shape index (κ3) is 8.96. The van der Waals surface area contributed by atoms with E-state index in [2.05, 4.69) is 25.8 Å². The molecule has 2 aliphatic heterocycles. The smallest absolute Gasteiger partial charge is 0.407 e. The van der Waals surface area contributed by atoms with Crippen LogP contribution in [0.4, 0.5) is 4.79 Å². The number of carbonyl (C=O) groups is 1. The molecule has 1 saturated carbocycles. The van der Waals surface area contributed by atoms with Gasteiger partial charge in [-0.2, -0.15) is 0 Å². The van der Waals surface area contributed by atoms with E-state index in [4.69, 9.17) is 19.3 Å². The Morgan fingerprint density at radius 3 is 2.50 bits per heavy atom. The maximum Gasteiger partial charge on any atom is 0.407 e. The zero-order chi connectivity index (χ0) is 24.8. The predicted molar refractivity (Wildman–Crippen MR) is 131 cm³/mol. The molecule has 1 aliphatic carbocycles. The molecule has 3 aliphatic rings. The highest BCUT2D eigenvalue weighted by Crippen LogP contribution is 2.31. The van der Waals surface area contributed by atoms with E-state index in [0.29, 0.717) is 32.2 Å². The Kier molecular flexibility index (Phi) is 9.57. The second kappa shape index (κ2) is 12.0. The lowest BCUT2D eigenvalue weighted by Gasteiger charge is -2.46. The summed E-state index contributed by atoms with van der Waals surface area (Å²) in [6.07, 6.45) is 4.89. The first kappa shape index (κ1) is 27.1. The van der Waals surface area contributed by atoms with Gasteiger partial charge in [0.05, 0.1) is 37.1 Å². The van der Waals surface area contributed by atoms with Crippen LogP contribution >= 0.6 is 15.9 Å². The molecule has 2 N–H and O–H groups in total. The van der Waals surface area contributed by atoms with Crippen molar-refractivity contribution in [2.45, 2.75) is 69.9 Å². The molecule has 192 valence electrons. The summed E-state index contributed by atoms with van der Waals surface area (Å²) in [4.78, 5) is 19.4. The van der Waals surface area contributed by atoms with E-state index >= 15 is 0 Å². The number of hydrogen-bond donors (Lipinski definition) is 2. The van der Waals surface area contributed by atoms with Gasteiger partial charge in [-0.25, -0.2) is 9.78 Å². The van der Waals surface area contributed by atoms with Crippen LogP contribution < -0.4 is 4.74 Å². The molecular formula is C24H38BrN3O6. The summed E-state index contributed by atoms with van der Waals surface area (Å²) in [5.41, 5.74) is -0.798. The molecule has 3 heterocycles. The van der Waals surface area contributed by atoms with E-state index in [0.717, 1.165) is 49.8 Å². The fraction of sp³-hybridized carbons (Fsp3) is 0.750. The molecule has 2 saturated heterocycles. The van der Waals surface area contributed by atoms with Crippen LogP contribution in [0.1, 0.15) is 46.5 Å². The minimum absolute atomic E-state index is 0.184. The molecule has 0 atom stereocenters. The van der Waals surface area contributed by atoms with Crippen LogP contribution in [0.2, 0.25) is 0 Å². The van der Waals surface area contributed by atoms with Crippen molar-refractivity contribution >= 4 is 22.0 Å². The maximum atomic E-state index is 11.3. The van der Waals surface area contributed by atoms with Crippen LogP contribution in [0.25, 0.3) is 0 Å². The van der Waals surface area contributed by atoms with Gasteiger partial charge >= 0.3 is 6.09 Å². The number of amides is 1. The molecule has 1 aromatic rings. The van der Waals surface area contributed by atoms with Gasteiger partial charge in [-0.15, -0.1) is 0 Å². The molecule has 9 nitrogen and oxygen atoms in total. The third-order valence-electron chi connectivity index (χ3n) is 6.09. The van der Waals surface area contributed by atoms with Gasteiger partial charge in [-0.05, 0) is 55.6 Å². The number of carboxylic acid groups (broad SMARTS) is 1. The third-order valence-corrected chi connectivity index (χ3v) is 6.56. The molecule has 34 heavy (non-hydrogen) atoms. The van der Waals surface area contributed by atoms with E-state index in [-0.39, 0.29) is 17.8 Å². The number of likely N-dealkylation sites (tertiary alicyclic amines) is 1. The Morgan fingerprint density at radius 1 is 1.24 bits per heavy atom. The largest absolute Gasteiger partial charge is 0.474 e. The second-order valence-corrected chi connectivity index (χ2v) is 11.2. The van der Waals surface area contributed by atoms with E-state index < -0.39 is 11.7 Å². The van der Waals surface area contributed by atoms with Crippen molar-refractivity contribution in [3.8, 4) is 5.88 Å². The molecular weight excluding hydrogens is 506 g/mol. The normalized spacial score (nSPS) is 24.7. The van der Waals surface area contributed by atoms with Crippen LogP contribution in [0.3, 0.4) is 0 Å². The van der Waals surface area contributed by atoms with Gasteiger partial charge in [-0.1, -0.05) is 0 Å². The lowest BCUT2D eigenvalue weighted by atomic mass is 9.89. The van der Waals surface area contributed by atoms with Crippen molar-refractivity contribution in [1.82, 2.24) is 14.8 Å². The van der Waals surface area contributed by atoms with Crippen LogP contribution in [-0.2, 0) is 9.47 Å². The number of morpholine rings is 1. The highest BCUT2D eigenvalue weighted by Gasteiger charge is 2.41. The van der Waals surface area contributed by atoms with Crippen LogP contribution in [-0.4, -0.2) is 100 Å². The standard InChI is InChI=1S/C20H28BrN3O5.C4H10O/c21-15-1-2-18(22-13-15)29-17-11-16(12-17)27-9-7-23-5-3-20(4-6-23)14-24(19(25)26)8-10-28-20;1-4(2,3)5/h1-2,13,16-17H,3-12,14H2,(H,25,26);5H,1-3H3. The number of halogens is 1. The lowest BCUT2D eigenvalue weighted by Crippen LogP contribution is -2.58. The fourth-order valence-electron chi connectivity index (χ4n) is 4.20. The first-order valence-electron chi connectivity index (χ1n) is 12.0. The van der Waals surface area contributed by atoms with Crippen molar-refractivity contribution in [3.63, 3.8) is 0 Å². The van der Waals surface area contributed by atoms with Crippen LogP contribution in [0, 0.1) is 0 Å². The Balaban J connectivity index is 0.000000588. The van der Waals surface area contributed by atoms with Gasteiger partial charge in [0, 0.05) is 55.8 Å². The SMILES string of the molecule is CC(C)(C)O.O=C(O)N1CCOC2(CCN(CCOC3CC(Oc4ccc(Br)cn4)C3)CC2)C1. The van der Waals surface area contributed by atoms with Crippen molar-refractivity contribution in [1.29, 1.82) is 0 Å². The van der Waals surface area contributed by atoms with Crippen molar-refractivity contribution in [3.05, 3.63) is 22.8 Å². The van der Waals surface area contributed by atoms with Gasteiger partial charge in [0.2, 0.25) is 5.88 Å². The zero-order valence-electron chi connectivity index (χ0n) is 20.4. The highest BCUT2D eigenvalue weighted by molar-refractivity contribution is 9.10. The molecule has 10 heteroatoms. The van der Waals surface area contributed by atoms with E-state index in [1.54, 1.807) is 27.0 Å². The molecule has 0 aromatic carbocycles. The number of ether oxygens (including phenoxy) is 3. The van der Waals surface area contributed by atoms with Crippen molar-refractivity contribution in [2.24, 2.45) is 0 Å². The lowest BCUT2D eigenvalue weighted by molar-refractivity contribution is -0.131. The first-order chi connectivity index (χ1) is 16.0. The topological polar surface area (TPSA) is 105 Å². The van der Waals surface area contributed by atoms with Gasteiger partial charge in [0.1, 0.15) is 6.10 Å². The molecule has 3 fully saturated rings. The summed E-state index contributed by atoms with van der Waals surface area (Å²) in [6.45, 7) is 10.1. The molecule has 0 bridgehead atoms. The molecule has 1 aromatic heterocycles. The molecule has 1 amide bonds. The summed E-state index contributed by atoms with van der Waals surface area (Å²) in [6, 6.07) is 3.79. The van der Waals surface area contributed by atoms with E-state index in [9.17, 15) is 9.90 Å². The zero-order valence-corrected chi connectivity index (χ0v) is 22.0. The molecule has 4 rings (SSSR count). The van der Waals surface area contributed by atoms with E-state index in [1.165, 1.54) is 4.90 Å². The van der Waals surface area contributed by atoms with Gasteiger partial charge < -0.3 is 34.2 Å². The summed E-state index contributed by atoms with van der Waals surface area (Å²) < 4.78 is 18.8. The minimum atomic E-state index is -0.845. The number of pyridine rings is 1. The second-order valence-electron chi connectivity index (χ2n) is 10.3. The number of rotatable bonds is 6. The van der Waals surface area contributed by atoms with E-state index in [1.807, 2.05) is 12.1 Å². The predicted octanol–water partition coefficient (Wildman–Crippen LogP) is 3.39. The summed E-state index contributed by atoms with van der Waals surface area (Å²) in [5, 5.41) is 17.8. The number of piperidine rings is 1. The highest BCUT2D eigenvalue weighted by atomic mass is 79.9. The van der Waals surface area contributed by atoms with Gasteiger partial charge in [0.15, 0.2) is 0 Å². The van der Waals surface area contributed by atoms with Crippen molar-refractivity contribution in [2.75, 3.05) is 45.9 Å². The van der Waals surface area contributed by atoms with Gasteiger partial charge in [-0.3, -0.25) is 0 Å². The average molecular weight is 544 g/mol. The summed E-state index contributed by atoms with van der Waals surface area (Å²) in [7, 11) is 0. The molecule has 0 radical (unpaired) electrons. The Morgan fingerprint density at radius 2 is 1.91 bits per heavy atom. The Labute approximate surface area is 210 Å². The summed E-state index contributed by atoms with van der Waals surface area (Å²) in [5.74, 6) is 0.658.